The van der Waals surface area contributed by atoms with Crippen molar-refractivity contribution in [3.63, 3.8) is 0 Å². The lowest BCUT2D eigenvalue weighted by Crippen LogP contribution is -2.50. The van der Waals surface area contributed by atoms with Gasteiger partial charge in [0.15, 0.2) is 0 Å². The molecule has 0 bridgehead atoms. The monoisotopic (exact) mass is 389 g/mol. The molecule has 0 saturated carbocycles. The van der Waals surface area contributed by atoms with Crippen molar-refractivity contribution in [3.05, 3.63) is 60.2 Å². The highest BCUT2D eigenvalue weighted by Crippen LogP contribution is 2.27. The second kappa shape index (κ2) is 7.67. The Balaban J connectivity index is 1.17. The number of amides is 1. The van der Waals surface area contributed by atoms with E-state index < -0.39 is 0 Å². The zero-order valence-corrected chi connectivity index (χ0v) is 16.2. The van der Waals surface area contributed by atoms with Gasteiger partial charge in [-0.15, -0.1) is 0 Å². The van der Waals surface area contributed by atoms with E-state index in [-0.39, 0.29) is 5.91 Å². The molecule has 2 aliphatic heterocycles. The van der Waals surface area contributed by atoms with Gasteiger partial charge in [-0.25, -0.2) is 0 Å². The number of aromatic nitrogens is 2. The Hall–Kier alpha value is -3.19. The molecule has 5 rings (SSSR count). The summed E-state index contributed by atoms with van der Waals surface area (Å²) in [6, 6.07) is 18.0. The second-order valence-corrected chi connectivity index (χ2v) is 7.45. The van der Waals surface area contributed by atoms with Gasteiger partial charge in [0.2, 0.25) is 5.91 Å². The van der Waals surface area contributed by atoms with Gasteiger partial charge in [0.1, 0.15) is 0 Å². The van der Waals surface area contributed by atoms with E-state index in [1.807, 2.05) is 53.4 Å². The van der Waals surface area contributed by atoms with Gasteiger partial charge in [0, 0.05) is 44.0 Å². The maximum atomic E-state index is 12.8. The maximum absolute atomic E-state index is 12.8. The fourth-order valence-electron chi connectivity index (χ4n) is 4.02. The van der Waals surface area contributed by atoms with E-state index in [0.29, 0.717) is 18.4 Å². The van der Waals surface area contributed by atoms with Crippen molar-refractivity contribution in [2.45, 2.75) is 6.42 Å². The SMILES string of the molecule is O=C(CN1CCN(c2noc(-c3ccccc3)n2)CC1)N1CCc2ccccc21. The average Bonchev–Trinajstić information content (AvgIpc) is 3.43. The lowest BCUT2D eigenvalue weighted by molar-refractivity contribution is -0.119. The normalized spacial score (nSPS) is 16.8. The number of piperazine rings is 1. The molecule has 0 unspecified atom stereocenters. The van der Waals surface area contributed by atoms with Crippen molar-refractivity contribution in [3.8, 4) is 11.5 Å². The summed E-state index contributed by atoms with van der Waals surface area (Å²) < 4.78 is 5.42. The highest BCUT2D eigenvalue weighted by atomic mass is 16.5. The summed E-state index contributed by atoms with van der Waals surface area (Å²) in [5.41, 5.74) is 3.25. The molecule has 1 aromatic heterocycles. The van der Waals surface area contributed by atoms with E-state index in [1.165, 1.54) is 5.56 Å². The molecular formula is C22H23N5O2. The Morgan fingerprint density at radius 1 is 0.931 bits per heavy atom. The van der Waals surface area contributed by atoms with Crippen LogP contribution in [0.4, 0.5) is 11.6 Å². The quantitative estimate of drug-likeness (QED) is 0.683. The maximum Gasteiger partial charge on any atom is 0.266 e. The molecule has 7 heteroatoms. The number of benzene rings is 2. The van der Waals surface area contributed by atoms with Crippen LogP contribution >= 0.6 is 0 Å². The van der Waals surface area contributed by atoms with Crippen LogP contribution in [0.25, 0.3) is 11.5 Å². The summed E-state index contributed by atoms with van der Waals surface area (Å²) in [6.45, 7) is 4.38. The van der Waals surface area contributed by atoms with Gasteiger partial charge in [0.05, 0.1) is 6.54 Å². The van der Waals surface area contributed by atoms with Crippen molar-refractivity contribution < 1.29 is 9.32 Å². The van der Waals surface area contributed by atoms with E-state index in [2.05, 4.69) is 26.0 Å². The number of para-hydroxylation sites is 1. The van der Waals surface area contributed by atoms with Crippen LogP contribution in [0.5, 0.6) is 0 Å². The lowest BCUT2D eigenvalue weighted by Gasteiger charge is -2.34. The summed E-state index contributed by atoms with van der Waals surface area (Å²) >= 11 is 0. The summed E-state index contributed by atoms with van der Waals surface area (Å²) in [6.07, 6.45) is 0.942. The second-order valence-electron chi connectivity index (χ2n) is 7.45. The minimum absolute atomic E-state index is 0.175. The van der Waals surface area contributed by atoms with Gasteiger partial charge in [-0.1, -0.05) is 36.4 Å². The zero-order chi connectivity index (χ0) is 19.6. The van der Waals surface area contributed by atoms with E-state index >= 15 is 0 Å². The van der Waals surface area contributed by atoms with Crippen molar-refractivity contribution in [1.82, 2.24) is 15.0 Å². The Labute approximate surface area is 169 Å². The van der Waals surface area contributed by atoms with Crippen LogP contribution in [0.3, 0.4) is 0 Å². The fourth-order valence-corrected chi connectivity index (χ4v) is 4.02. The third-order valence-corrected chi connectivity index (χ3v) is 5.64. The van der Waals surface area contributed by atoms with Gasteiger partial charge in [-0.05, 0) is 35.3 Å². The third-order valence-electron chi connectivity index (χ3n) is 5.64. The number of hydrogen-bond acceptors (Lipinski definition) is 6. The standard InChI is InChI=1S/C22H23N5O2/c28-20(27-11-10-17-6-4-5-9-19(17)27)16-25-12-14-26(15-13-25)22-23-21(29-24-22)18-7-2-1-3-8-18/h1-9H,10-16H2. The third kappa shape index (κ3) is 3.61. The number of rotatable bonds is 4. The molecule has 0 N–H and O–H groups in total. The topological polar surface area (TPSA) is 65.7 Å². The summed E-state index contributed by atoms with van der Waals surface area (Å²) in [5, 5.41) is 4.14. The van der Waals surface area contributed by atoms with E-state index in [0.717, 1.165) is 50.4 Å². The van der Waals surface area contributed by atoms with Crippen LogP contribution in [-0.4, -0.2) is 60.2 Å². The van der Waals surface area contributed by atoms with Crippen molar-refractivity contribution in [2.24, 2.45) is 0 Å². The Bertz CT molecular complexity index is 995. The summed E-state index contributed by atoms with van der Waals surface area (Å²) in [7, 11) is 0. The molecule has 1 fully saturated rings. The minimum atomic E-state index is 0.175. The molecule has 0 aliphatic carbocycles. The van der Waals surface area contributed by atoms with Gasteiger partial charge < -0.3 is 14.3 Å². The molecule has 2 aromatic carbocycles. The molecule has 1 amide bonds. The van der Waals surface area contributed by atoms with E-state index in [9.17, 15) is 4.79 Å². The highest BCUT2D eigenvalue weighted by molar-refractivity contribution is 5.96. The number of nitrogens with zero attached hydrogens (tertiary/aromatic N) is 5. The average molecular weight is 389 g/mol. The smallest absolute Gasteiger partial charge is 0.266 e. The summed E-state index contributed by atoms with van der Waals surface area (Å²) in [4.78, 5) is 23.6. The molecule has 2 aliphatic rings. The first-order valence-corrected chi connectivity index (χ1v) is 10.0. The molecule has 1 saturated heterocycles. The van der Waals surface area contributed by atoms with Crippen LogP contribution in [0.15, 0.2) is 59.1 Å². The van der Waals surface area contributed by atoms with Crippen LogP contribution in [-0.2, 0) is 11.2 Å². The van der Waals surface area contributed by atoms with E-state index in [1.54, 1.807) is 0 Å². The molecule has 3 heterocycles. The molecular weight excluding hydrogens is 366 g/mol. The van der Waals surface area contributed by atoms with Crippen LogP contribution in [0.1, 0.15) is 5.56 Å². The first kappa shape index (κ1) is 17.9. The Morgan fingerprint density at radius 3 is 2.52 bits per heavy atom. The first-order valence-electron chi connectivity index (χ1n) is 10.0. The van der Waals surface area contributed by atoms with Gasteiger partial charge in [-0.3, -0.25) is 9.69 Å². The van der Waals surface area contributed by atoms with Crippen LogP contribution in [0.2, 0.25) is 0 Å². The first-order chi connectivity index (χ1) is 14.3. The number of carbonyl (C=O) groups is 1. The molecule has 3 aromatic rings. The largest absolute Gasteiger partial charge is 0.336 e. The molecule has 0 radical (unpaired) electrons. The molecule has 0 spiro atoms. The number of carbonyl (C=O) groups excluding carboxylic acids is 1. The molecule has 0 atom stereocenters. The summed E-state index contributed by atoms with van der Waals surface area (Å²) in [5.74, 6) is 1.32. The number of fused-ring (bicyclic) bond motifs is 1. The number of hydrogen-bond donors (Lipinski definition) is 0. The lowest BCUT2D eigenvalue weighted by atomic mass is 10.2. The van der Waals surface area contributed by atoms with Crippen LogP contribution < -0.4 is 9.80 Å². The Morgan fingerprint density at radius 2 is 1.69 bits per heavy atom. The Kier molecular flexibility index (Phi) is 4.73. The van der Waals surface area contributed by atoms with E-state index in [4.69, 9.17) is 4.52 Å². The predicted octanol–water partition coefficient (Wildman–Crippen LogP) is 2.45. The molecule has 29 heavy (non-hydrogen) atoms. The molecule has 7 nitrogen and oxygen atoms in total. The van der Waals surface area contributed by atoms with Crippen molar-refractivity contribution in [1.29, 1.82) is 0 Å². The predicted molar refractivity (Wildman–Crippen MR) is 111 cm³/mol. The van der Waals surface area contributed by atoms with Gasteiger partial charge in [0.25, 0.3) is 11.8 Å². The fraction of sp³-hybridized carbons (Fsp3) is 0.318. The highest BCUT2D eigenvalue weighted by Gasteiger charge is 2.27. The van der Waals surface area contributed by atoms with Gasteiger partial charge >= 0.3 is 0 Å². The molecule has 148 valence electrons. The van der Waals surface area contributed by atoms with Crippen molar-refractivity contribution in [2.75, 3.05) is 49.1 Å². The van der Waals surface area contributed by atoms with Crippen molar-refractivity contribution >= 4 is 17.5 Å². The van der Waals surface area contributed by atoms with Crippen LogP contribution in [0, 0.1) is 0 Å². The number of anilines is 2. The van der Waals surface area contributed by atoms with Gasteiger partial charge in [-0.2, -0.15) is 4.98 Å². The zero-order valence-electron chi connectivity index (χ0n) is 16.2. The minimum Gasteiger partial charge on any atom is -0.336 e.